The standard InChI is InChI=1S/C12H20N2O2S/c1-5-10(3)14(4)17(15,16)12-7-9(2)6-11(13)8-12/h6-8,10H,5,13H2,1-4H3. The Morgan fingerprint density at radius 3 is 2.41 bits per heavy atom. The van der Waals surface area contributed by atoms with Gasteiger partial charge in [0, 0.05) is 18.8 Å². The van der Waals surface area contributed by atoms with Crippen molar-refractivity contribution in [2.75, 3.05) is 12.8 Å². The van der Waals surface area contributed by atoms with Gasteiger partial charge in [0.2, 0.25) is 10.0 Å². The second-order valence-electron chi connectivity index (χ2n) is 4.36. The molecule has 4 nitrogen and oxygen atoms in total. The third-order valence-electron chi connectivity index (χ3n) is 2.96. The minimum atomic E-state index is -3.44. The Bertz CT molecular complexity index is 477. The Labute approximate surface area is 103 Å². The summed E-state index contributed by atoms with van der Waals surface area (Å²) in [7, 11) is -1.84. The number of nitrogen functional groups attached to an aromatic ring is 1. The average molecular weight is 256 g/mol. The van der Waals surface area contributed by atoms with Gasteiger partial charge in [0.1, 0.15) is 0 Å². The highest BCUT2D eigenvalue weighted by Crippen LogP contribution is 2.21. The summed E-state index contributed by atoms with van der Waals surface area (Å²) in [4.78, 5) is 0.262. The smallest absolute Gasteiger partial charge is 0.243 e. The van der Waals surface area contributed by atoms with Crippen LogP contribution in [0, 0.1) is 6.92 Å². The normalized spacial score (nSPS) is 13.9. The molecule has 0 radical (unpaired) electrons. The van der Waals surface area contributed by atoms with Crippen molar-refractivity contribution in [2.24, 2.45) is 0 Å². The number of sulfonamides is 1. The SMILES string of the molecule is CCC(C)N(C)S(=O)(=O)c1cc(C)cc(N)c1. The topological polar surface area (TPSA) is 63.4 Å². The number of nitrogens with two attached hydrogens (primary N) is 1. The average Bonchev–Trinajstić information content (AvgIpc) is 2.25. The largest absolute Gasteiger partial charge is 0.399 e. The van der Waals surface area contributed by atoms with Gasteiger partial charge < -0.3 is 5.73 Å². The van der Waals surface area contributed by atoms with Crippen LogP contribution in [0.4, 0.5) is 5.69 Å². The van der Waals surface area contributed by atoms with E-state index in [0.717, 1.165) is 12.0 Å². The molecular formula is C12H20N2O2S. The zero-order valence-corrected chi connectivity index (χ0v) is 11.6. The molecule has 0 aliphatic rings. The van der Waals surface area contributed by atoms with Crippen LogP contribution in [0.25, 0.3) is 0 Å². The lowest BCUT2D eigenvalue weighted by Crippen LogP contribution is -2.34. The molecule has 0 saturated heterocycles. The number of hydrogen-bond donors (Lipinski definition) is 1. The molecule has 0 spiro atoms. The van der Waals surface area contributed by atoms with E-state index in [1.54, 1.807) is 19.2 Å². The lowest BCUT2D eigenvalue weighted by atomic mass is 10.2. The van der Waals surface area contributed by atoms with Gasteiger partial charge in [0.15, 0.2) is 0 Å². The first-order chi connectivity index (χ1) is 7.78. The molecule has 1 rings (SSSR count). The molecule has 0 heterocycles. The zero-order chi connectivity index (χ0) is 13.2. The van der Waals surface area contributed by atoms with Gasteiger partial charge in [-0.05, 0) is 44.0 Å². The molecule has 1 aromatic carbocycles. The molecule has 0 saturated carbocycles. The maximum absolute atomic E-state index is 12.3. The fraction of sp³-hybridized carbons (Fsp3) is 0.500. The van der Waals surface area contributed by atoms with E-state index in [4.69, 9.17) is 5.73 Å². The van der Waals surface area contributed by atoms with Crippen LogP contribution in [0.5, 0.6) is 0 Å². The predicted octanol–water partition coefficient (Wildman–Crippen LogP) is 2.00. The lowest BCUT2D eigenvalue weighted by molar-refractivity contribution is 0.380. The van der Waals surface area contributed by atoms with Crippen molar-refractivity contribution < 1.29 is 8.42 Å². The molecule has 0 aliphatic carbocycles. The van der Waals surface area contributed by atoms with Crippen LogP contribution >= 0.6 is 0 Å². The Balaban J connectivity index is 3.22. The molecule has 96 valence electrons. The molecular weight excluding hydrogens is 236 g/mol. The van der Waals surface area contributed by atoms with Crippen molar-refractivity contribution in [3.63, 3.8) is 0 Å². The van der Waals surface area contributed by atoms with Crippen LogP contribution in [0.15, 0.2) is 23.1 Å². The maximum atomic E-state index is 12.3. The summed E-state index contributed by atoms with van der Waals surface area (Å²) in [5.74, 6) is 0. The highest BCUT2D eigenvalue weighted by atomic mass is 32.2. The van der Waals surface area contributed by atoms with Gasteiger partial charge in [-0.25, -0.2) is 8.42 Å². The van der Waals surface area contributed by atoms with Crippen LogP contribution in [-0.4, -0.2) is 25.8 Å². The van der Waals surface area contributed by atoms with Crippen molar-refractivity contribution in [3.8, 4) is 0 Å². The molecule has 1 unspecified atom stereocenters. The summed E-state index contributed by atoms with van der Waals surface area (Å²) < 4.78 is 26.0. The molecule has 0 aromatic heterocycles. The summed E-state index contributed by atoms with van der Waals surface area (Å²) >= 11 is 0. The summed E-state index contributed by atoms with van der Waals surface area (Å²) in [6, 6.07) is 4.87. The lowest BCUT2D eigenvalue weighted by Gasteiger charge is -2.23. The molecule has 1 aromatic rings. The molecule has 17 heavy (non-hydrogen) atoms. The van der Waals surface area contributed by atoms with E-state index < -0.39 is 10.0 Å². The van der Waals surface area contributed by atoms with E-state index in [9.17, 15) is 8.42 Å². The van der Waals surface area contributed by atoms with Gasteiger partial charge in [0.05, 0.1) is 4.90 Å². The van der Waals surface area contributed by atoms with Crippen molar-refractivity contribution in [3.05, 3.63) is 23.8 Å². The fourth-order valence-electron chi connectivity index (χ4n) is 1.59. The van der Waals surface area contributed by atoms with Crippen LogP contribution in [0.2, 0.25) is 0 Å². The third-order valence-corrected chi connectivity index (χ3v) is 4.91. The Morgan fingerprint density at radius 1 is 1.35 bits per heavy atom. The molecule has 1 atom stereocenters. The third kappa shape index (κ3) is 2.98. The second-order valence-corrected chi connectivity index (χ2v) is 6.36. The fourth-order valence-corrected chi connectivity index (χ4v) is 3.16. The summed E-state index contributed by atoms with van der Waals surface area (Å²) in [6.45, 7) is 5.68. The maximum Gasteiger partial charge on any atom is 0.243 e. The number of anilines is 1. The number of nitrogens with zero attached hydrogens (tertiary/aromatic N) is 1. The first-order valence-electron chi connectivity index (χ1n) is 5.64. The summed E-state index contributed by atoms with van der Waals surface area (Å²) in [6.07, 6.45) is 0.775. The molecule has 0 aliphatic heterocycles. The van der Waals surface area contributed by atoms with Crippen LogP contribution in [-0.2, 0) is 10.0 Å². The molecule has 0 fully saturated rings. The summed E-state index contributed by atoms with van der Waals surface area (Å²) in [5, 5.41) is 0. The Morgan fingerprint density at radius 2 is 1.94 bits per heavy atom. The molecule has 5 heteroatoms. The number of aryl methyl sites for hydroxylation is 1. The van der Waals surface area contributed by atoms with E-state index >= 15 is 0 Å². The Kier molecular flexibility index (Phi) is 4.16. The highest BCUT2D eigenvalue weighted by molar-refractivity contribution is 7.89. The quantitative estimate of drug-likeness (QED) is 0.838. The predicted molar refractivity (Wildman–Crippen MR) is 70.3 cm³/mol. The first-order valence-corrected chi connectivity index (χ1v) is 7.08. The Hall–Kier alpha value is -1.07. The number of benzene rings is 1. The van der Waals surface area contributed by atoms with Crippen molar-refractivity contribution in [1.82, 2.24) is 4.31 Å². The zero-order valence-electron chi connectivity index (χ0n) is 10.8. The van der Waals surface area contributed by atoms with E-state index in [1.165, 1.54) is 10.4 Å². The van der Waals surface area contributed by atoms with Gasteiger partial charge in [-0.15, -0.1) is 0 Å². The summed E-state index contributed by atoms with van der Waals surface area (Å²) in [5.41, 5.74) is 7.00. The minimum Gasteiger partial charge on any atom is -0.399 e. The van der Waals surface area contributed by atoms with Crippen molar-refractivity contribution in [2.45, 2.75) is 38.1 Å². The van der Waals surface area contributed by atoms with E-state index in [-0.39, 0.29) is 10.9 Å². The van der Waals surface area contributed by atoms with Crippen molar-refractivity contribution in [1.29, 1.82) is 0 Å². The van der Waals surface area contributed by atoms with Crippen molar-refractivity contribution >= 4 is 15.7 Å². The highest BCUT2D eigenvalue weighted by Gasteiger charge is 2.24. The molecule has 0 bridgehead atoms. The molecule has 0 amide bonds. The number of rotatable bonds is 4. The van der Waals surface area contributed by atoms with E-state index in [1.807, 2.05) is 20.8 Å². The van der Waals surface area contributed by atoms with Gasteiger partial charge in [-0.2, -0.15) is 4.31 Å². The van der Waals surface area contributed by atoms with Gasteiger partial charge in [0.25, 0.3) is 0 Å². The monoisotopic (exact) mass is 256 g/mol. The number of hydrogen-bond acceptors (Lipinski definition) is 3. The minimum absolute atomic E-state index is 0.0262. The van der Waals surface area contributed by atoms with Gasteiger partial charge in [-0.1, -0.05) is 6.92 Å². The first kappa shape index (κ1) is 14.0. The van der Waals surface area contributed by atoms with E-state index in [2.05, 4.69) is 0 Å². The van der Waals surface area contributed by atoms with Crippen LogP contribution in [0.3, 0.4) is 0 Å². The second kappa shape index (κ2) is 5.06. The van der Waals surface area contributed by atoms with Gasteiger partial charge >= 0.3 is 0 Å². The van der Waals surface area contributed by atoms with Crippen LogP contribution < -0.4 is 5.73 Å². The van der Waals surface area contributed by atoms with Gasteiger partial charge in [-0.3, -0.25) is 0 Å². The molecule has 2 N–H and O–H groups in total. The van der Waals surface area contributed by atoms with Crippen LogP contribution in [0.1, 0.15) is 25.8 Å². The van der Waals surface area contributed by atoms with E-state index in [0.29, 0.717) is 5.69 Å².